The van der Waals surface area contributed by atoms with Crippen molar-refractivity contribution in [2.45, 2.75) is 6.42 Å². The van der Waals surface area contributed by atoms with E-state index < -0.39 is 5.97 Å². The van der Waals surface area contributed by atoms with Crippen molar-refractivity contribution in [2.24, 2.45) is 5.92 Å². The van der Waals surface area contributed by atoms with Gasteiger partial charge in [0.15, 0.2) is 5.69 Å². The third kappa shape index (κ3) is 2.66. The zero-order chi connectivity index (χ0) is 11.4. The Morgan fingerprint density at radius 3 is 3.00 bits per heavy atom. The van der Waals surface area contributed by atoms with Crippen LogP contribution in [0.4, 0.5) is 0 Å². The lowest BCUT2D eigenvalue weighted by Gasteiger charge is -2.08. The third-order valence-electron chi connectivity index (χ3n) is 2.34. The molecule has 86 valence electrons. The van der Waals surface area contributed by atoms with E-state index in [0.717, 1.165) is 13.0 Å². The Bertz CT molecular complexity index is 360. The van der Waals surface area contributed by atoms with Crippen molar-refractivity contribution >= 4 is 5.97 Å². The second-order valence-corrected chi connectivity index (χ2v) is 3.59. The smallest absolute Gasteiger partial charge is 0.356 e. The van der Waals surface area contributed by atoms with Gasteiger partial charge < -0.3 is 14.6 Å². The molecule has 1 saturated heterocycles. The Hall–Kier alpha value is -1.69. The van der Waals surface area contributed by atoms with Crippen LogP contribution in [-0.2, 0) is 4.74 Å². The van der Waals surface area contributed by atoms with Gasteiger partial charge in [0.2, 0.25) is 5.88 Å². The Balaban J connectivity index is 1.87. The molecule has 6 heteroatoms. The summed E-state index contributed by atoms with van der Waals surface area (Å²) in [6.07, 6.45) is 3.49. The summed E-state index contributed by atoms with van der Waals surface area (Å²) >= 11 is 0. The highest BCUT2D eigenvalue weighted by Gasteiger charge is 2.16. The number of carboxylic acid groups (broad SMARTS) is 1. The van der Waals surface area contributed by atoms with Gasteiger partial charge >= 0.3 is 5.97 Å². The van der Waals surface area contributed by atoms with Crippen LogP contribution in [0.25, 0.3) is 0 Å². The maximum absolute atomic E-state index is 10.5. The van der Waals surface area contributed by atoms with Gasteiger partial charge in [-0.3, -0.25) is 0 Å². The largest absolute Gasteiger partial charge is 0.476 e. The van der Waals surface area contributed by atoms with E-state index in [1.54, 1.807) is 0 Å². The van der Waals surface area contributed by atoms with Gasteiger partial charge in [-0.05, 0) is 6.42 Å². The number of hydrogen-bond donors (Lipinski definition) is 1. The summed E-state index contributed by atoms with van der Waals surface area (Å²) < 4.78 is 10.6. The fourth-order valence-electron chi connectivity index (χ4n) is 1.42. The molecule has 0 saturated carbocycles. The van der Waals surface area contributed by atoms with E-state index in [4.69, 9.17) is 14.6 Å². The zero-order valence-corrected chi connectivity index (χ0v) is 8.63. The first-order chi connectivity index (χ1) is 7.75. The average Bonchev–Trinajstić information content (AvgIpc) is 2.80. The lowest BCUT2D eigenvalue weighted by atomic mass is 10.1. The van der Waals surface area contributed by atoms with Crippen LogP contribution in [0, 0.1) is 5.92 Å². The van der Waals surface area contributed by atoms with Crippen LogP contribution in [0.5, 0.6) is 5.88 Å². The second kappa shape index (κ2) is 4.89. The lowest BCUT2D eigenvalue weighted by Crippen LogP contribution is -2.12. The molecule has 2 rings (SSSR count). The first-order valence-electron chi connectivity index (χ1n) is 5.01. The number of aromatic nitrogens is 2. The number of nitrogens with zero attached hydrogens (tertiary/aromatic N) is 2. The van der Waals surface area contributed by atoms with Crippen molar-refractivity contribution in [3.8, 4) is 5.88 Å². The molecule has 1 unspecified atom stereocenters. The SMILES string of the molecule is O=C(O)c1cnc(OCC2CCOC2)cn1. The highest BCUT2D eigenvalue weighted by Crippen LogP contribution is 2.14. The number of aromatic carboxylic acids is 1. The fraction of sp³-hybridized carbons (Fsp3) is 0.500. The molecule has 1 aromatic rings. The van der Waals surface area contributed by atoms with Crippen molar-refractivity contribution in [3.63, 3.8) is 0 Å². The third-order valence-corrected chi connectivity index (χ3v) is 2.34. The van der Waals surface area contributed by atoms with E-state index in [1.807, 2.05) is 0 Å². The van der Waals surface area contributed by atoms with Gasteiger partial charge in [-0.15, -0.1) is 0 Å². The average molecular weight is 224 g/mol. The predicted octanol–water partition coefficient (Wildman–Crippen LogP) is 0.590. The van der Waals surface area contributed by atoms with Gasteiger partial charge in [0.1, 0.15) is 0 Å². The van der Waals surface area contributed by atoms with Crippen molar-refractivity contribution in [2.75, 3.05) is 19.8 Å². The van der Waals surface area contributed by atoms with Crippen LogP contribution >= 0.6 is 0 Å². The maximum Gasteiger partial charge on any atom is 0.356 e. The molecular formula is C10H12N2O4. The van der Waals surface area contributed by atoms with Gasteiger partial charge in [0, 0.05) is 12.5 Å². The summed E-state index contributed by atoms with van der Waals surface area (Å²) in [4.78, 5) is 18.1. The summed E-state index contributed by atoms with van der Waals surface area (Å²) in [5, 5.41) is 8.62. The van der Waals surface area contributed by atoms with Gasteiger partial charge in [0.05, 0.1) is 25.6 Å². The van der Waals surface area contributed by atoms with Crippen LogP contribution in [0.3, 0.4) is 0 Å². The van der Waals surface area contributed by atoms with E-state index in [1.165, 1.54) is 12.4 Å². The minimum absolute atomic E-state index is 0.0865. The number of carbonyl (C=O) groups is 1. The number of hydrogen-bond acceptors (Lipinski definition) is 5. The molecule has 0 amide bonds. The minimum atomic E-state index is -1.09. The molecule has 1 aliphatic heterocycles. The quantitative estimate of drug-likeness (QED) is 0.806. The standard InChI is InChI=1S/C10H12N2O4/c13-10(14)8-3-12-9(4-11-8)16-6-7-1-2-15-5-7/h3-4,7H,1-2,5-6H2,(H,13,14). The molecule has 1 aliphatic rings. The normalized spacial score (nSPS) is 19.6. The molecular weight excluding hydrogens is 212 g/mol. The lowest BCUT2D eigenvalue weighted by molar-refractivity contribution is 0.0689. The first kappa shape index (κ1) is 10.8. The fourth-order valence-corrected chi connectivity index (χ4v) is 1.42. The molecule has 0 spiro atoms. The second-order valence-electron chi connectivity index (χ2n) is 3.59. The van der Waals surface area contributed by atoms with Crippen molar-refractivity contribution < 1.29 is 19.4 Å². The number of rotatable bonds is 4. The molecule has 16 heavy (non-hydrogen) atoms. The monoisotopic (exact) mass is 224 g/mol. The van der Waals surface area contributed by atoms with E-state index in [-0.39, 0.29) is 5.69 Å². The molecule has 1 N–H and O–H groups in total. The van der Waals surface area contributed by atoms with Crippen LogP contribution < -0.4 is 4.74 Å². The first-order valence-corrected chi connectivity index (χ1v) is 5.01. The summed E-state index contributed by atoms with van der Waals surface area (Å²) in [6.45, 7) is 2.01. The Labute approximate surface area is 92.2 Å². The Kier molecular flexibility index (Phi) is 3.31. The summed E-state index contributed by atoms with van der Waals surface area (Å²) in [6, 6.07) is 0. The van der Waals surface area contributed by atoms with Crippen molar-refractivity contribution in [1.82, 2.24) is 9.97 Å². The van der Waals surface area contributed by atoms with E-state index in [9.17, 15) is 4.79 Å². The molecule has 1 aromatic heterocycles. The van der Waals surface area contributed by atoms with Crippen molar-refractivity contribution in [1.29, 1.82) is 0 Å². The molecule has 0 bridgehead atoms. The van der Waals surface area contributed by atoms with Gasteiger partial charge in [-0.2, -0.15) is 0 Å². The summed E-state index contributed by atoms with van der Waals surface area (Å²) in [5.41, 5.74) is -0.0865. The van der Waals surface area contributed by atoms with Gasteiger partial charge in [-0.25, -0.2) is 14.8 Å². The van der Waals surface area contributed by atoms with Gasteiger partial charge in [-0.1, -0.05) is 0 Å². The molecule has 1 atom stereocenters. The minimum Gasteiger partial charge on any atom is -0.476 e. The number of ether oxygens (including phenoxy) is 2. The van der Waals surface area contributed by atoms with E-state index >= 15 is 0 Å². The molecule has 0 radical (unpaired) electrons. The summed E-state index contributed by atoms with van der Waals surface area (Å²) in [7, 11) is 0. The number of carboxylic acids is 1. The Morgan fingerprint density at radius 1 is 1.56 bits per heavy atom. The maximum atomic E-state index is 10.5. The molecule has 1 fully saturated rings. The molecule has 6 nitrogen and oxygen atoms in total. The van der Waals surface area contributed by atoms with Crippen LogP contribution in [0.2, 0.25) is 0 Å². The summed E-state index contributed by atoms with van der Waals surface area (Å²) in [5.74, 6) is -0.360. The van der Waals surface area contributed by atoms with Gasteiger partial charge in [0.25, 0.3) is 0 Å². The van der Waals surface area contributed by atoms with E-state index in [2.05, 4.69) is 9.97 Å². The molecule has 2 heterocycles. The highest BCUT2D eigenvalue weighted by molar-refractivity contribution is 5.84. The molecule has 0 aliphatic carbocycles. The van der Waals surface area contributed by atoms with Crippen molar-refractivity contribution in [3.05, 3.63) is 18.1 Å². The highest BCUT2D eigenvalue weighted by atomic mass is 16.5. The molecule has 0 aromatic carbocycles. The van der Waals surface area contributed by atoms with E-state index in [0.29, 0.717) is 25.0 Å². The Morgan fingerprint density at radius 2 is 2.44 bits per heavy atom. The van der Waals surface area contributed by atoms with Crippen LogP contribution in [-0.4, -0.2) is 40.9 Å². The topological polar surface area (TPSA) is 81.5 Å². The predicted molar refractivity (Wildman–Crippen MR) is 53.4 cm³/mol. The van der Waals surface area contributed by atoms with Crippen LogP contribution in [0.1, 0.15) is 16.9 Å². The van der Waals surface area contributed by atoms with Crippen LogP contribution in [0.15, 0.2) is 12.4 Å². The zero-order valence-electron chi connectivity index (χ0n) is 8.63.